The lowest BCUT2D eigenvalue weighted by molar-refractivity contribution is -0.0311. The number of nitrogens with one attached hydrogen (secondary N) is 2. The van der Waals surface area contributed by atoms with Crippen molar-refractivity contribution in [2.24, 2.45) is 5.92 Å². The van der Waals surface area contributed by atoms with Crippen LogP contribution in [-0.2, 0) is 27.7 Å². The molecule has 64 heavy (non-hydrogen) atoms. The van der Waals surface area contributed by atoms with Crippen molar-refractivity contribution >= 4 is 32.0 Å². The molecule has 4 heterocycles. The van der Waals surface area contributed by atoms with E-state index in [-0.39, 0.29) is 49.8 Å². The summed E-state index contributed by atoms with van der Waals surface area (Å²) in [5, 5.41) is 1.79. The predicted molar refractivity (Wildman–Crippen MR) is 245 cm³/mol. The first-order valence-corrected chi connectivity index (χ1v) is 25.6. The minimum absolute atomic E-state index is 0.0261. The largest absolute Gasteiger partial charge is 0.456 e. The minimum Gasteiger partial charge on any atom is -0.456 e. The van der Waals surface area contributed by atoms with Gasteiger partial charge in [-0.2, -0.15) is 0 Å². The molecule has 0 saturated carbocycles. The Kier molecular flexibility index (Phi) is 14.2. The van der Waals surface area contributed by atoms with E-state index in [4.69, 9.17) is 23.2 Å². The number of ether oxygens (including phenoxy) is 3. The third-order valence-electron chi connectivity index (χ3n) is 12.2. The van der Waals surface area contributed by atoms with Gasteiger partial charge >= 0.3 is 17.3 Å². The van der Waals surface area contributed by atoms with Gasteiger partial charge in [0.1, 0.15) is 18.6 Å². The van der Waals surface area contributed by atoms with Gasteiger partial charge in [0, 0.05) is 48.2 Å². The molecule has 0 aliphatic carbocycles. The van der Waals surface area contributed by atoms with Crippen molar-refractivity contribution < 1.29 is 32.5 Å². The van der Waals surface area contributed by atoms with E-state index in [2.05, 4.69) is 55.0 Å². The van der Waals surface area contributed by atoms with Gasteiger partial charge in [-0.15, -0.1) is 0 Å². The molecule has 7 rings (SSSR count). The first kappa shape index (κ1) is 46.8. The van der Waals surface area contributed by atoms with Gasteiger partial charge in [0.15, 0.2) is 0 Å². The van der Waals surface area contributed by atoms with Crippen molar-refractivity contribution in [3.8, 4) is 0 Å². The standard InChI is InChI=1S/C47H57N4O11PSi/c1-7-58-63(57,24-23-37-38(62-44(54)33-17-11-8-12-18-33)26-41(60-37)51-28-32(3)43(53)49-46(51)56)30-34-25-40(50-27-31(2)42(52)48-45(50)55)61-39(34)29-59-64(47(4,5)6,35-19-13-9-14-20-35)36-21-15-10-16-22-36/h8-22,27-28,34,37-41H,7,23-26,29-30H2,1-6H3,(H,48,52,55)(H,49,53,56)/t34-,37-,38+,39-,40-,41-,63-/m1/s1. The zero-order chi connectivity index (χ0) is 45.8. The quantitative estimate of drug-likeness (QED) is 0.0733. The van der Waals surface area contributed by atoms with Gasteiger partial charge in [0.25, 0.3) is 19.4 Å². The van der Waals surface area contributed by atoms with E-state index >= 15 is 4.57 Å². The molecule has 0 bridgehead atoms. The van der Waals surface area contributed by atoms with Gasteiger partial charge in [-0.05, 0) is 61.2 Å². The Morgan fingerprint density at radius 3 is 1.78 bits per heavy atom. The molecule has 2 fully saturated rings. The van der Waals surface area contributed by atoms with Crippen molar-refractivity contribution in [1.82, 2.24) is 19.1 Å². The summed E-state index contributed by atoms with van der Waals surface area (Å²) in [7, 11) is -6.63. The summed E-state index contributed by atoms with van der Waals surface area (Å²) in [4.78, 5) is 68.9. The topological polar surface area (TPSA) is 190 Å². The number of aryl methyl sites for hydroxylation is 2. The third-order valence-corrected chi connectivity index (χ3v) is 19.9. The summed E-state index contributed by atoms with van der Waals surface area (Å²) in [5.74, 6) is -1.02. The lowest BCUT2D eigenvalue weighted by atomic mass is 10.0. The number of carbonyl (C=O) groups is 1. The molecule has 2 saturated heterocycles. The van der Waals surface area contributed by atoms with Gasteiger partial charge in [0.2, 0.25) is 7.37 Å². The number of hydrogen-bond donors (Lipinski definition) is 2. The second-order valence-electron chi connectivity index (χ2n) is 17.7. The van der Waals surface area contributed by atoms with E-state index in [1.807, 2.05) is 36.4 Å². The zero-order valence-electron chi connectivity index (χ0n) is 37.1. The highest BCUT2D eigenvalue weighted by molar-refractivity contribution is 7.59. The Morgan fingerprint density at radius 2 is 1.27 bits per heavy atom. The third kappa shape index (κ3) is 10.0. The Balaban J connectivity index is 1.19. The van der Waals surface area contributed by atoms with Crippen LogP contribution in [0.15, 0.2) is 123 Å². The summed E-state index contributed by atoms with van der Waals surface area (Å²) < 4.78 is 50.6. The molecule has 17 heteroatoms. The van der Waals surface area contributed by atoms with Crippen LogP contribution in [0, 0.1) is 19.8 Å². The number of carbonyl (C=O) groups excluding carboxylic acids is 1. The SMILES string of the molecule is CCO[P@](=O)(CC[C@H]1O[C@@H](n2cc(C)c(=O)[nH]c2=O)C[C@@H]1OC(=O)c1ccccc1)C[C@H]1C[C@H](n2cc(C)c(=O)[nH]c2=O)O[C@@H]1CO[Si](c1ccccc1)(c1ccccc1)C(C)(C)C. The fourth-order valence-corrected chi connectivity index (χ4v) is 16.3. The average Bonchev–Trinajstić information content (AvgIpc) is 3.86. The van der Waals surface area contributed by atoms with E-state index in [1.165, 1.54) is 21.5 Å². The molecule has 0 amide bonds. The van der Waals surface area contributed by atoms with Crippen molar-refractivity contribution in [2.45, 2.75) is 96.6 Å². The molecule has 0 radical (unpaired) electrons. The summed E-state index contributed by atoms with van der Waals surface area (Å²) >= 11 is 0. The van der Waals surface area contributed by atoms with Crippen molar-refractivity contribution in [3.63, 3.8) is 0 Å². The molecule has 0 unspecified atom stereocenters. The lowest BCUT2D eigenvalue weighted by Crippen LogP contribution is -2.67. The van der Waals surface area contributed by atoms with Gasteiger partial charge in [0.05, 0.1) is 31.0 Å². The van der Waals surface area contributed by atoms with Crippen LogP contribution in [0.3, 0.4) is 0 Å². The van der Waals surface area contributed by atoms with Crippen LogP contribution in [0.25, 0.3) is 0 Å². The number of benzene rings is 3. The molecule has 2 aromatic heterocycles. The van der Waals surface area contributed by atoms with E-state index in [0.29, 0.717) is 16.7 Å². The monoisotopic (exact) mass is 912 g/mol. The van der Waals surface area contributed by atoms with E-state index in [0.717, 1.165) is 10.4 Å². The summed E-state index contributed by atoms with van der Waals surface area (Å²) in [6.45, 7) is 11.7. The van der Waals surface area contributed by atoms with Crippen LogP contribution in [0.2, 0.25) is 5.04 Å². The van der Waals surface area contributed by atoms with Gasteiger partial charge in [-0.3, -0.25) is 33.3 Å². The molecule has 340 valence electrons. The number of aromatic amines is 2. The number of esters is 1. The zero-order valence-corrected chi connectivity index (χ0v) is 39.0. The molecule has 0 spiro atoms. The molecule has 2 aliphatic heterocycles. The van der Waals surface area contributed by atoms with Crippen LogP contribution >= 0.6 is 7.37 Å². The van der Waals surface area contributed by atoms with Gasteiger partial charge < -0.3 is 23.2 Å². The van der Waals surface area contributed by atoms with Crippen LogP contribution in [0.5, 0.6) is 0 Å². The average molecular weight is 913 g/mol. The number of aromatic nitrogens is 4. The second-order valence-corrected chi connectivity index (χ2v) is 24.7. The number of H-pyrrole nitrogens is 2. The van der Waals surface area contributed by atoms with Crippen LogP contribution in [-0.4, -0.2) is 77.2 Å². The van der Waals surface area contributed by atoms with Gasteiger partial charge in [-0.25, -0.2) is 14.4 Å². The van der Waals surface area contributed by atoms with E-state index in [1.54, 1.807) is 51.1 Å². The molecule has 2 N–H and O–H groups in total. The molecule has 3 aromatic carbocycles. The Hall–Kier alpha value is -5.22. The molecule has 5 aromatic rings. The fraction of sp³-hybridized carbons (Fsp3) is 0.426. The van der Waals surface area contributed by atoms with Crippen LogP contribution < -0.4 is 32.9 Å². The second kappa shape index (κ2) is 19.5. The number of hydrogen-bond acceptors (Lipinski definition) is 11. The summed E-state index contributed by atoms with van der Waals surface area (Å²) in [6.07, 6.45) is -0.500. The molecular weight excluding hydrogens is 856 g/mol. The molecule has 15 nitrogen and oxygen atoms in total. The highest BCUT2D eigenvalue weighted by Gasteiger charge is 2.52. The van der Waals surface area contributed by atoms with Crippen molar-refractivity contribution in [1.29, 1.82) is 0 Å². The lowest BCUT2D eigenvalue weighted by Gasteiger charge is -2.43. The normalized spacial score (nSPS) is 22.3. The fourth-order valence-electron chi connectivity index (χ4n) is 9.05. The smallest absolute Gasteiger partial charge is 0.338 e. The van der Waals surface area contributed by atoms with Crippen LogP contribution in [0.1, 0.15) is 80.9 Å². The maximum absolute atomic E-state index is 15.2. The van der Waals surface area contributed by atoms with E-state index < -0.39 is 80.8 Å². The van der Waals surface area contributed by atoms with Crippen molar-refractivity contribution in [2.75, 3.05) is 25.5 Å². The number of nitrogens with zero attached hydrogens (tertiary/aromatic N) is 2. The first-order valence-electron chi connectivity index (χ1n) is 21.7. The summed E-state index contributed by atoms with van der Waals surface area (Å²) in [5.41, 5.74) is -1.34. The van der Waals surface area contributed by atoms with Crippen molar-refractivity contribution in [3.05, 3.63) is 162 Å². The molecule has 7 atom stereocenters. The van der Waals surface area contributed by atoms with E-state index in [9.17, 15) is 24.0 Å². The maximum Gasteiger partial charge on any atom is 0.338 e. The Labute approximate surface area is 372 Å². The molecule has 2 aliphatic rings. The summed E-state index contributed by atoms with van der Waals surface area (Å²) in [6, 6.07) is 28.9. The number of rotatable bonds is 16. The Morgan fingerprint density at radius 1 is 0.766 bits per heavy atom. The molecular formula is C47H57N4O11PSi. The highest BCUT2D eigenvalue weighted by Crippen LogP contribution is 2.53. The predicted octanol–water partition coefficient (Wildman–Crippen LogP) is 5.40. The van der Waals surface area contributed by atoms with Crippen LogP contribution in [0.4, 0.5) is 0 Å². The maximum atomic E-state index is 15.2. The highest BCUT2D eigenvalue weighted by atomic mass is 31.2. The minimum atomic E-state index is -3.56. The first-order chi connectivity index (χ1) is 30.5. The van der Waals surface area contributed by atoms with Gasteiger partial charge in [-0.1, -0.05) is 99.6 Å². The Bertz CT molecular complexity index is 2660.